The SMILES string of the molecule is Cc1cnc(CNCc2ccco2)o1. The third-order valence-electron chi connectivity index (χ3n) is 1.82. The van der Waals surface area contributed by atoms with E-state index in [1.807, 2.05) is 19.1 Å². The van der Waals surface area contributed by atoms with Gasteiger partial charge in [0.25, 0.3) is 0 Å². The normalized spacial score (nSPS) is 10.6. The van der Waals surface area contributed by atoms with Crippen molar-refractivity contribution >= 4 is 0 Å². The van der Waals surface area contributed by atoms with Gasteiger partial charge in [0.1, 0.15) is 11.5 Å². The molecule has 0 saturated heterocycles. The molecule has 0 aromatic carbocycles. The number of aromatic nitrogens is 1. The van der Waals surface area contributed by atoms with Gasteiger partial charge in [-0.2, -0.15) is 0 Å². The standard InChI is InChI=1S/C10H12N2O2/c1-8-5-12-10(14-8)7-11-6-9-3-2-4-13-9/h2-5,11H,6-7H2,1H3. The second-order valence-corrected chi connectivity index (χ2v) is 3.05. The molecular weight excluding hydrogens is 180 g/mol. The average Bonchev–Trinajstić information content (AvgIpc) is 2.77. The molecule has 0 saturated carbocycles. The van der Waals surface area contributed by atoms with E-state index in [0.29, 0.717) is 19.0 Å². The van der Waals surface area contributed by atoms with Crippen molar-refractivity contribution in [1.29, 1.82) is 0 Å². The first-order valence-corrected chi connectivity index (χ1v) is 4.49. The van der Waals surface area contributed by atoms with Crippen LogP contribution in [0.3, 0.4) is 0 Å². The van der Waals surface area contributed by atoms with E-state index in [-0.39, 0.29) is 0 Å². The minimum atomic E-state index is 0.620. The highest BCUT2D eigenvalue weighted by Crippen LogP contribution is 2.02. The summed E-state index contributed by atoms with van der Waals surface area (Å²) in [7, 11) is 0. The zero-order chi connectivity index (χ0) is 9.80. The van der Waals surface area contributed by atoms with Crippen LogP contribution in [0, 0.1) is 6.92 Å². The van der Waals surface area contributed by atoms with Crippen molar-refractivity contribution in [2.45, 2.75) is 20.0 Å². The zero-order valence-corrected chi connectivity index (χ0v) is 7.99. The van der Waals surface area contributed by atoms with Gasteiger partial charge in [-0.15, -0.1) is 0 Å². The molecule has 0 unspecified atom stereocenters. The minimum Gasteiger partial charge on any atom is -0.468 e. The molecule has 0 amide bonds. The molecule has 1 N–H and O–H groups in total. The summed E-state index contributed by atoms with van der Waals surface area (Å²) >= 11 is 0. The highest BCUT2D eigenvalue weighted by molar-refractivity contribution is 4.98. The van der Waals surface area contributed by atoms with Gasteiger partial charge in [-0.3, -0.25) is 0 Å². The summed E-state index contributed by atoms with van der Waals surface area (Å²) in [6.07, 6.45) is 3.37. The smallest absolute Gasteiger partial charge is 0.208 e. The van der Waals surface area contributed by atoms with E-state index in [9.17, 15) is 0 Å². The maximum atomic E-state index is 5.30. The van der Waals surface area contributed by atoms with Gasteiger partial charge >= 0.3 is 0 Å². The molecule has 2 aromatic heterocycles. The van der Waals surface area contributed by atoms with Gasteiger partial charge in [0.15, 0.2) is 0 Å². The first-order valence-electron chi connectivity index (χ1n) is 4.49. The Kier molecular flexibility index (Phi) is 2.65. The molecule has 2 aromatic rings. The monoisotopic (exact) mass is 192 g/mol. The van der Waals surface area contributed by atoms with E-state index >= 15 is 0 Å². The van der Waals surface area contributed by atoms with Gasteiger partial charge in [-0.1, -0.05) is 0 Å². The van der Waals surface area contributed by atoms with Crippen LogP contribution < -0.4 is 5.32 Å². The number of furan rings is 1. The number of rotatable bonds is 4. The van der Waals surface area contributed by atoms with Crippen molar-refractivity contribution in [2.24, 2.45) is 0 Å². The van der Waals surface area contributed by atoms with Gasteiger partial charge in [-0.25, -0.2) is 4.98 Å². The molecule has 0 bridgehead atoms. The highest BCUT2D eigenvalue weighted by atomic mass is 16.4. The Bertz CT molecular complexity index is 378. The van der Waals surface area contributed by atoms with Crippen LogP contribution in [0.2, 0.25) is 0 Å². The van der Waals surface area contributed by atoms with E-state index < -0.39 is 0 Å². The fourth-order valence-electron chi connectivity index (χ4n) is 1.19. The molecular formula is C10H12N2O2. The molecule has 74 valence electrons. The van der Waals surface area contributed by atoms with Gasteiger partial charge < -0.3 is 14.2 Å². The summed E-state index contributed by atoms with van der Waals surface area (Å²) in [5.41, 5.74) is 0. The van der Waals surface area contributed by atoms with Crippen LogP contribution in [0.15, 0.2) is 33.4 Å². The molecule has 14 heavy (non-hydrogen) atoms. The number of nitrogens with zero attached hydrogens (tertiary/aromatic N) is 1. The third kappa shape index (κ3) is 2.23. The van der Waals surface area contributed by atoms with Crippen molar-refractivity contribution in [3.63, 3.8) is 0 Å². The van der Waals surface area contributed by atoms with E-state index in [1.54, 1.807) is 12.5 Å². The second kappa shape index (κ2) is 4.11. The minimum absolute atomic E-state index is 0.620. The average molecular weight is 192 g/mol. The second-order valence-electron chi connectivity index (χ2n) is 3.05. The number of aryl methyl sites for hydroxylation is 1. The van der Waals surface area contributed by atoms with E-state index in [4.69, 9.17) is 8.83 Å². The molecule has 0 aliphatic rings. The molecule has 2 heterocycles. The predicted molar refractivity (Wildman–Crippen MR) is 50.5 cm³/mol. The molecule has 0 atom stereocenters. The lowest BCUT2D eigenvalue weighted by Crippen LogP contribution is -2.12. The van der Waals surface area contributed by atoms with E-state index in [1.165, 1.54) is 0 Å². The van der Waals surface area contributed by atoms with E-state index in [0.717, 1.165) is 11.5 Å². The molecule has 0 radical (unpaired) electrons. The quantitative estimate of drug-likeness (QED) is 0.803. The number of nitrogens with one attached hydrogen (secondary N) is 1. The summed E-state index contributed by atoms with van der Waals surface area (Å²) < 4.78 is 10.5. The molecule has 0 fully saturated rings. The van der Waals surface area contributed by atoms with Crippen molar-refractivity contribution in [3.05, 3.63) is 42.0 Å². The Morgan fingerprint density at radius 1 is 1.43 bits per heavy atom. The fourth-order valence-corrected chi connectivity index (χ4v) is 1.19. The van der Waals surface area contributed by atoms with Gasteiger partial charge in [0.05, 0.1) is 25.5 Å². The number of oxazole rings is 1. The molecule has 4 nitrogen and oxygen atoms in total. The van der Waals surface area contributed by atoms with Crippen LogP contribution in [0.5, 0.6) is 0 Å². The topological polar surface area (TPSA) is 51.2 Å². The maximum absolute atomic E-state index is 5.30. The van der Waals surface area contributed by atoms with Crippen LogP contribution >= 0.6 is 0 Å². The maximum Gasteiger partial charge on any atom is 0.208 e. The molecule has 0 aliphatic heterocycles. The first kappa shape index (κ1) is 9.02. The van der Waals surface area contributed by atoms with Gasteiger partial charge in [0, 0.05) is 0 Å². The summed E-state index contributed by atoms with van der Waals surface area (Å²) in [5.74, 6) is 2.45. The summed E-state index contributed by atoms with van der Waals surface area (Å²) in [5, 5.41) is 3.17. The van der Waals surface area contributed by atoms with Crippen LogP contribution in [-0.2, 0) is 13.1 Å². The first-order chi connectivity index (χ1) is 6.84. The molecule has 4 heteroatoms. The predicted octanol–water partition coefficient (Wildman–Crippen LogP) is 1.87. The molecule has 2 rings (SSSR count). The van der Waals surface area contributed by atoms with E-state index in [2.05, 4.69) is 10.3 Å². The molecule has 0 spiro atoms. The largest absolute Gasteiger partial charge is 0.468 e. The Morgan fingerprint density at radius 3 is 3.00 bits per heavy atom. The van der Waals surface area contributed by atoms with Crippen molar-refractivity contribution in [3.8, 4) is 0 Å². The lowest BCUT2D eigenvalue weighted by Gasteiger charge is -1.97. The van der Waals surface area contributed by atoms with Crippen molar-refractivity contribution < 1.29 is 8.83 Å². The summed E-state index contributed by atoms with van der Waals surface area (Å²) in [4.78, 5) is 4.07. The Balaban J connectivity index is 1.78. The Labute approximate surface area is 81.9 Å². The number of hydrogen-bond acceptors (Lipinski definition) is 4. The molecule has 0 aliphatic carbocycles. The van der Waals surface area contributed by atoms with Crippen molar-refractivity contribution in [1.82, 2.24) is 10.3 Å². The van der Waals surface area contributed by atoms with Crippen LogP contribution in [0.1, 0.15) is 17.4 Å². The van der Waals surface area contributed by atoms with Crippen LogP contribution in [-0.4, -0.2) is 4.98 Å². The summed E-state index contributed by atoms with van der Waals surface area (Å²) in [6.45, 7) is 3.19. The third-order valence-corrected chi connectivity index (χ3v) is 1.82. The Morgan fingerprint density at radius 2 is 2.36 bits per heavy atom. The summed E-state index contributed by atoms with van der Waals surface area (Å²) in [6, 6.07) is 3.79. The lowest BCUT2D eigenvalue weighted by atomic mass is 10.4. The lowest BCUT2D eigenvalue weighted by molar-refractivity contribution is 0.431. The zero-order valence-electron chi connectivity index (χ0n) is 7.99. The van der Waals surface area contributed by atoms with Crippen LogP contribution in [0.25, 0.3) is 0 Å². The van der Waals surface area contributed by atoms with Crippen LogP contribution in [0.4, 0.5) is 0 Å². The Hall–Kier alpha value is -1.55. The van der Waals surface area contributed by atoms with Crippen molar-refractivity contribution in [2.75, 3.05) is 0 Å². The highest BCUT2D eigenvalue weighted by Gasteiger charge is 2.00. The van der Waals surface area contributed by atoms with Gasteiger partial charge in [-0.05, 0) is 19.1 Å². The number of hydrogen-bond donors (Lipinski definition) is 1. The van der Waals surface area contributed by atoms with Gasteiger partial charge in [0.2, 0.25) is 5.89 Å². The fraction of sp³-hybridized carbons (Fsp3) is 0.300.